The van der Waals surface area contributed by atoms with Gasteiger partial charge < -0.3 is 0 Å². The van der Waals surface area contributed by atoms with Crippen molar-refractivity contribution in [1.29, 1.82) is 0 Å². The van der Waals surface area contributed by atoms with Crippen molar-refractivity contribution < 1.29 is 4.21 Å². The third-order valence-electron chi connectivity index (χ3n) is 1.95. The van der Waals surface area contributed by atoms with E-state index in [-0.39, 0.29) is 0 Å². The van der Waals surface area contributed by atoms with Crippen LogP contribution in [0.25, 0.3) is 0 Å². The summed E-state index contributed by atoms with van der Waals surface area (Å²) in [6.07, 6.45) is 0. The van der Waals surface area contributed by atoms with Gasteiger partial charge in [0.15, 0.2) is 0 Å². The molecular formula is C10H15NOS. The normalized spacial score (nSPS) is 13.2. The van der Waals surface area contributed by atoms with Crippen LogP contribution in [0.15, 0.2) is 29.2 Å². The molecule has 0 aliphatic heterocycles. The quantitative estimate of drug-likeness (QED) is 0.725. The summed E-state index contributed by atoms with van der Waals surface area (Å²) in [7, 11) is 0.854. The van der Waals surface area contributed by atoms with Gasteiger partial charge in [0.05, 0.1) is 4.90 Å². The van der Waals surface area contributed by atoms with E-state index in [1.807, 2.05) is 49.5 Å². The van der Waals surface area contributed by atoms with Crippen LogP contribution in [-0.2, 0) is 11.0 Å². The third-order valence-corrected chi connectivity index (χ3v) is 3.45. The summed E-state index contributed by atoms with van der Waals surface area (Å²) in [6.45, 7) is 4.81. The number of benzene rings is 1. The molecule has 0 aliphatic carbocycles. The molecule has 3 heteroatoms. The highest BCUT2D eigenvalue weighted by molar-refractivity contribution is 7.82. The van der Waals surface area contributed by atoms with E-state index < -0.39 is 11.0 Å². The Labute approximate surface area is 82.2 Å². The molecule has 0 aliphatic rings. The van der Waals surface area contributed by atoms with Crippen LogP contribution in [0.3, 0.4) is 0 Å². The van der Waals surface area contributed by atoms with Gasteiger partial charge in [0.25, 0.3) is 0 Å². The molecule has 1 atom stereocenters. The summed E-state index contributed by atoms with van der Waals surface area (Å²) >= 11 is 0. The molecule has 72 valence electrons. The molecule has 0 amide bonds. The Morgan fingerprint density at radius 2 is 1.85 bits per heavy atom. The second-order valence-corrected chi connectivity index (χ2v) is 4.60. The van der Waals surface area contributed by atoms with E-state index in [2.05, 4.69) is 0 Å². The maximum atomic E-state index is 11.7. The van der Waals surface area contributed by atoms with Crippen molar-refractivity contribution in [2.45, 2.75) is 18.7 Å². The number of aryl methyl sites for hydroxylation is 1. The van der Waals surface area contributed by atoms with Crippen LogP contribution in [0.2, 0.25) is 0 Å². The number of nitrogens with zero attached hydrogens (tertiary/aromatic N) is 1. The lowest BCUT2D eigenvalue weighted by Crippen LogP contribution is -2.20. The highest BCUT2D eigenvalue weighted by Gasteiger charge is 2.07. The van der Waals surface area contributed by atoms with Gasteiger partial charge in [0, 0.05) is 13.6 Å². The molecule has 0 saturated carbocycles. The zero-order valence-corrected chi connectivity index (χ0v) is 9.10. The second-order valence-electron chi connectivity index (χ2n) is 3.01. The van der Waals surface area contributed by atoms with Gasteiger partial charge in [-0.1, -0.05) is 24.6 Å². The summed E-state index contributed by atoms with van der Waals surface area (Å²) in [5.74, 6) is 0. The molecule has 0 saturated heterocycles. The van der Waals surface area contributed by atoms with Gasteiger partial charge >= 0.3 is 0 Å². The van der Waals surface area contributed by atoms with Crippen molar-refractivity contribution >= 4 is 11.0 Å². The molecule has 1 rings (SSSR count). The van der Waals surface area contributed by atoms with Crippen LogP contribution >= 0.6 is 0 Å². The Morgan fingerprint density at radius 1 is 1.31 bits per heavy atom. The van der Waals surface area contributed by atoms with Crippen molar-refractivity contribution in [3.63, 3.8) is 0 Å². The summed E-state index contributed by atoms with van der Waals surface area (Å²) in [6, 6.07) is 7.79. The van der Waals surface area contributed by atoms with E-state index >= 15 is 0 Å². The molecule has 0 aromatic heterocycles. The summed E-state index contributed by atoms with van der Waals surface area (Å²) in [5, 5.41) is 0. The molecule has 0 radical (unpaired) electrons. The fourth-order valence-electron chi connectivity index (χ4n) is 0.952. The first-order valence-electron chi connectivity index (χ1n) is 4.35. The van der Waals surface area contributed by atoms with E-state index in [1.54, 1.807) is 0 Å². The highest BCUT2D eigenvalue weighted by Crippen LogP contribution is 2.10. The Hall–Kier alpha value is -0.670. The van der Waals surface area contributed by atoms with Gasteiger partial charge in [-0.3, -0.25) is 0 Å². The largest absolute Gasteiger partial charge is 0.237 e. The minimum atomic E-state index is -1.00. The monoisotopic (exact) mass is 197 g/mol. The summed E-state index contributed by atoms with van der Waals surface area (Å²) in [4.78, 5) is 0.870. The van der Waals surface area contributed by atoms with E-state index in [4.69, 9.17) is 0 Å². The first-order valence-corrected chi connectivity index (χ1v) is 5.45. The number of rotatable bonds is 3. The van der Waals surface area contributed by atoms with Crippen molar-refractivity contribution in [2.24, 2.45) is 0 Å². The molecular weight excluding hydrogens is 182 g/mol. The van der Waals surface area contributed by atoms with Gasteiger partial charge in [0.1, 0.15) is 11.0 Å². The average Bonchev–Trinajstić information content (AvgIpc) is 2.17. The molecule has 13 heavy (non-hydrogen) atoms. The average molecular weight is 197 g/mol. The van der Waals surface area contributed by atoms with Gasteiger partial charge in [-0.15, -0.1) is 0 Å². The van der Waals surface area contributed by atoms with Gasteiger partial charge in [-0.05, 0) is 19.1 Å². The molecule has 1 aromatic rings. The fourth-order valence-corrected chi connectivity index (χ4v) is 1.92. The smallest absolute Gasteiger partial charge is 0.127 e. The lowest BCUT2D eigenvalue weighted by molar-refractivity contribution is 0.548. The summed E-state index contributed by atoms with van der Waals surface area (Å²) in [5.41, 5.74) is 1.19. The van der Waals surface area contributed by atoms with Crippen molar-refractivity contribution in [1.82, 2.24) is 4.31 Å². The number of hydrogen-bond acceptors (Lipinski definition) is 1. The molecule has 0 spiro atoms. The zero-order valence-electron chi connectivity index (χ0n) is 8.28. The first-order chi connectivity index (χ1) is 6.15. The van der Waals surface area contributed by atoms with Gasteiger partial charge in [-0.2, -0.15) is 0 Å². The predicted octanol–water partition coefficient (Wildman–Crippen LogP) is 1.97. The van der Waals surface area contributed by atoms with E-state index in [0.29, 0.717) is 0 Å². The van der Waals surface area contributed by atoms with Crippen LogP contribution in [0.4, 0.5) is 0 Å². The Balaban J connectivity index is 2.83. The fraction of sp³-hybridized carbons (Fsp3) is 0.400. The molecule has 1 unspecified atom stereocenters. The van der Waals surface area contributed by atoms with E-state index in [1.165, 1.54) is 5.56 Å². The third kappa shape index (κ3) is 2.64. The molecule has 2 nitrogen and oxygen atoms in total. The highest BCUT2D eigenvalue weighted by atomic mass is 32.2. The molecule has 0 N–H and O–H groups in total. The minimum Gasteiger partial charge on any atom is -0.237 e. The molecule has 1 aromatic carbocycles. The Morgan fingerprint density at radius 3 is 2.31 bits per heavy atom. The Bertz CT molecular complexity index is 294. The minimum absolute atomic E-state index is 0.792. The first kappa shape index (κ1) is 10.4. The van der Waals surface area contributed by atoms with E-state index in [0.717, 1.165) is 11.4 Å². The van der Waals surface area contributed by atoms with E-state index in [9.17, 15) is 4.21 Å². The topological polar surface area (TPSA) is 20.3 Å². The lowest BCUT2D eigenvalue weighted by Gasteiger charge is -2.12. The van der Waals surface area contributed by atoms with Gasteiger partial charge in [0.2, 0.25) is 0 Å². The Kier molecular flexibility index (Phi) is 3.63. The van der Waals surface area contributed by atoms with Crippen LogP contribution < -0.4 is 0 Å². The van der Waals surface area contributed by atoms with Crippen LogP contribution in [-0.4, -0.2) is 22.1 Å². The van der Waals surface area contributed by atoms with Crippen molar-refractivity contribution in [3.05, 3.63) is 29.8 Å². The molecule has 0 fully saturated rings. The maximum absolute atomic E-state index is 11.7. The SMILES string of the molecule is CCN(C)S(=O)c1ccc(C)cc1. The van der Waals surface area contributed by atoms with Crippen molar-refractivity contribution in [3.8, 4) is 0 Å². The predicted molar refractivity (Wildman–Crippen MR) is 55.9 cm³/mol. The maximum Gasteiger partial charge on any atom is 0.127 e. The van der Waals surface area contributed by atoms with Crippen LogP contribution in [0.1, 0.15) is 12.5 Å². The van der Waals surface area contributed by atoms with Gasteiger partial charge in [-0.25, -0.2) is 8.51 Å². The zero-order chi connectivity index (χ0) is 9.84. The van der Waals surface area contributed by atoms with Crippen molar-refractivity contribution in [2.75, 3.05) is 13.6 Å². The standard InChI is InChI=1S/C10H15NOS/c1-4-11(3)13(12)10-7-5-9(2)6-8-10/h5-8H,4H2,1-3H3. The molecule has 0 heterocycles. The van der Waals surface area contributed by atoms with Crippen LogP contribution in [0.5, 0.6) is 0 Å². The van der Waals surface area contributed by atoms with Crippen LogP contribution in [0, 0.1) is 6.92 Å². The number of hydrogen-bond donors (Lipinski definition) is 0. The lowest BCUT2D eigenvalue weighted by atomic mass is 10.2. The summed E-state index contributed by atoms with van der Waals surface area (Å²) < 4.78 is 13.5. The molecule has 0 bridgehead atoms. The second kappa shape index (κ2) is 4.53.